The standard InChI is InChI=1S/C11H21NS/c1-10(2)7-12-9-13-8-11(12)5-3-4-6-11/h10H,3-9H2,1-2H3. The van der Waals surface area contributed by atoms with E-state index in [1.807, 2.05) is 0 Å². The topological polar surface area (TPSA) is 3.24 Å². The molecule has 0 atom stereocenters. The Bertz CT molecular complexity index is 167. The summed E-state index contributed by atoms with van der Waals surface area (Å²) in [6.07, 6.45) is 5.86. The molecule has 0 N–H and O–H groups in total. The highest BCUT2D eigenvalue weighted by molar-refractivity contribution is 7.99. The van der Waals surface area contributed by atoms with Crippen molar-refractivity contribution in [2.75, 3.05) is 18.2 Å². The lowest BCUT2D eigenvalue weighted by Gasteiger charge is -2.35. The highest BCUT2D eigenvalue weighted by atomic mass is 32.2. The second kappa shape index (κ2) is 3.82. The molecule has 1 aliphatic carbocycles. The third-order valence-corrected chi connectivity index (χ3v) is 4.64. The highest BCUT2D eigenvalue weighted by Gasteiger charge is 2.43. The zero-order chi connectivity index (χ0) is 9.31. The third-order valence-electron chi connectivity index (χ3n) is 3.41. The first-order valence-electron chi connectivity index (χ1n) is 5.56. The Balaban J connectivity index is 2.00. The van der Waals surface area contributed by atoms with Gasteiger partial charge in [-0.1, -0.05) is 26.7 Å². The molecule has 0 aromatic rings. The summed E-state index contributed by atoms with van der Waals surface area (Å²) in [6.45, 7) is 5.99. The van der Waals surface area contributed by atoms with E-state index in [1.54, 1.807) is 0 Å². The van der Waals surface area contributed by atoms with Crippen LogP contribution in [-0.4, -0.2) is 28.6 Å². The molecule has 0 aromatic heterocycles. The van der Waals surface area contributed by atoms with E-state index >= 15 is 0 Å². The molecule has 0 bridgehead atoms. The van der Waals surface area contributed by atoms with E-state index in [1.165, 1.54) is 43.9 Å². The Labute approximate surface area is 86.3 Å². The predicted octanol–water partition coefficient (Wildman–Crippen LogP) is 2.96. The van der Waals surface area contributed by atoms with E-state index in [0.717, 1.165) is 5.92 Å². The molecule has 2 rings (SSSR count). The molecule has 13 heavy (non-hydrogen) atoms. The highest BCUT2D eigenvalue weighted by Crippen LogP contribution is 2.43. The SMILES string of the molecule is CC(C)CN1CSCC12CCCC2. The summed E-state index contributed by atoms with van der Waals surface area (Å²) >= 11 is 2.15. The molecule has 76 valence electrons. The van der Waals surface area contributed by atoms with Gasteiger partial charge in [0.25, 0.3) is 0 Å². The van der Waals surface area contributed by atoms with Crippen LogP contribution in [0.25, 0.3) is 0 Å². The molecule has 0 radical (unpaired) electrons. The molecule has 2 fully saturated rings. The van der Waals surface area contributed by atoms with Gasteiger partial charge in [-0.15, -0.1) is 11.8 Å². The van der Waals surface area contributed by atoms with Crippen LogP contribution < -0.4 is 0 Å². The minimum absolute atomic E-state index is 0.634. The number of nitrogens with zero attached hydrogens (tertiary/aromatic N) is 1. The maximum absolute atomic E-state index is 2.76. The molecule has 1 saturated heterocycles. The van der Waals surface area contributed by atoms with Crippen molar-refractivity contribution in [1.82, 2.24) is 4.90 Å². The normalized spacial score (nSPS) is 27.9. The number of rotatable bonds is 2. The van der Waals surface area contributed by atoms with Crippen LogP contribution in [-0.2, 0) is 0 Å². The fraction of sp³-hybridized carbons (Fsp3) is 1.00. The fourth-order valence-corrected chi connectivity index (χ4v) is 4.30. The van der Waals surface area contributed by atoms with Gasteiger partial charge in [-0.3, -0.25) is 4.90 Å². The van der Waals surface area contributed by atoms with Crippen LogP contribution in [0.1, 0.15) is 39.5 Å². The maximum atomic E-state index is 2.76. The van der Waals surface area contributed by atoms with Gasteiger partial charge < -0.3 is 0 Å². The molecular formula is C11H21NS. The predicted molar refractivity (Wildman–Crippen MR) is 60.1 cm³/mol. The summed E-state index contributed by atoms with van der Waals surface area (Å²) in [6, 6.07) is 0. The zero-order valence-electron chi connectivity index (χ0n) is 8.88. The molecular weight excluding hydrogens is 178 g/mol. The largest absolute Gasteiger partial charge is 0.287 e. The smallest absolute Gasteiger partial charge is 0.0450 e. The summed E-state index contributed by atoms with van der Waals surface area (Å²) < 4.78 is 0. The lowest BCUT2D eigenvalue weighted by molar-refractivity contribution is 0.137. The summed E-state index contributed by atoms with van der Waals surface area (Å²) in [5, 5.41) is 0. The van der Waals surface area contributed by atoms with E-state index in [0.29, 0.717) is 5.54 Å². The fourth-order valence-electron chi connectivity index (χ4n) is 2.75. The first kappa shape index (κ1) is 9.85. The van der Waals surface area contributed by atoms with Gasteiger partial charge in [0.1, 0.15) is 0 Å². The van der Waals surface area contributed by atoms with Crippen molar-refractivity contribution in [3.05, 3.63) is 0 Å². The Kier molecular flexibility index (Phi) is 2.89. The monoisotopic (exact) mass is 199 g/mol. The van der Waals surface area contributed by atoms with Gasteiger partial charge >= 0.3 is 0 Å². The van der Waals surface area contributed by atoms with Crippen molar-refractivity contribution in [2.24, 2.45) is 5.92 Å². The summed E-state index contributed by atoms with van der Waals surface area (Å²) in [5.41, 5.74) is 0.634. The lowest BCUT2D eigenvalue weighted by Crippen LogP contribution is -2.45. The molecule has 0 unspecified atom stereocenters. The molecule has 0 amide bonds. The van der Waals surface area contributed by atoms with E-state index in [9.17, 15) is 0 Å². The van der Waals surface area contributed by atoms with Crippen molar-refractivity contribution in [3.63, 3.8) is 0 Å². The van der Waals surface area contributed by atoms with Crippen molar-refractivity contribution >= 4 is 11.8 Å². The molecule has 2 heteroatoms. The van der Waals surface area contributed by atoms with E-state index in [2.05, 4.69) is 30.5 Å². The van der Waals surface area contributed by atoms with Crippen LogP contribution >= 0.6 is 11.8 Å². The number of hydrogen-bond acceptors (Lipinski definition) is 2. The van der Waals surface area contributed by atoms with Gasteiger partial charge in [-0.25, -0.2) is 0 Å². The average Bonchev–Trinajstić information content (AvgIpc) is 2.64. The quantitative estimate of drug-likeness (QED) is 0.672. The summed E-state index contributed by atoms with van der Waals surface area (Å²) in [5.74, 6) is 3.52. The molecule has 1 nitrogen and oxygen atoms in total. The third kappa shape index (κ3) is 1.89. The Morgan fingerprint density at radius 3 is 2.62 bits per heavy atom. The molecule has 1 heterocycles. The van der Waals surface area contributed by atoms with Gasteiger partial charge in [0.2, 0.25) is 0 Å². The van der Waals surface area contributed by atoms with E-state index in [4.69, 9.17) is 0 Å². The Hall–Kier alpha value is 0.310. The second-order valence-electron chi connectivity index (χ2n) is 5.03. The number of thioether (sulfide) groups is 1. The van der Waals surface area contributed by atoms with Crippen LogP contribution in [0.15, 0.2) is 0 Å². The Morgan fingerprint density at radius 1 is 1.31 bits per heavy atom. The van der Waals surface area contributed by atoms with Crippen LogP contribution in [0.4, 0.5) is 0 Å². The van der Waals surface area contributed by atoms with Crippen molar-refractivity contribution in [2.45, 2.75) is 45.1 Å². The van der Waals surface area contributed by atoms with Gasteiger partial charge in [-0.05, 0) is 18.8 Å². The first-order valence-corrected chi connectivity index (χ1v) is 6.71. The maximum Gasteiger partial charge on any atom is 0.0450 e. The van der Waals surface area contributed by atoms with Crippen molar-refractivity contribution < 1.29 is 0 Å². The zero-order valence-corrected chi connectivity index (χ0v) is 9.70. The number of hydrogen-bond donors (Lipinski definition) is 0. The molecule has 2 aliphatic rings. The van der Waals surface area contributed by atoms with Gasteiger partial charge in [-0.2, -0.15) is 0 Å². The first-order chi connectivity index (χ1) is 6.23. The van der Waals surface area contributed by atoms with E-state index in [-0.39, 0.29) is 0 Å². The minimum atomic E-state index is 0.634. The van der Waals surface area contributed by atoms with Gasteiger partial charge in [0, 0.05) is 23.7 Å². The van der Waals surface area contributed by atoms with Gasteiger partial charge in [0.05, 0.1) is 0 Å². The van der Waals surface area contributed by atoms with Gasteiger partial charge in [0.15, 0.2) is 0 Å². The minimum Gasteiger partial charge on any atom is -0.287 e. The molecule has 1 aliphatic heterocycles. The van der Waals surface area contributed by atoms with E-state index < -0.39 is 0 Å². The Morgan fingerprint density at radius 2 is 2.00 bits per heavy atom. The summed E-state index contributed by atoms with van der Waals surface area (Å²) in [4.78, 5) is 2.76. The lowest BCUT2D eigenvalue weighted by atomic mass is 9.97. The van der Waals surface area contributed by atoms with Crippen molar-refractivity contribution in [1.29, 1.82) is 0 Å². The summed E-state index contributed by atoms with van der Waals surface area (Å²) in [7, 11) is 0. The van der Waals surface area contributed by atoms with Crippen LogP contribution in [0.3, 0.4) is 0 Å². The van der Waals surface area contributed by atoms with Crippen LogP contribution in [0.5, 0.6) is 0 Å². The molecule has 1 spiro atoms. The molecule has 0 aromatic carbocycles. The van der Waals surface area contributed by atoms with Crippen molar-refractivity contribution in [3.8, 4) is 0 Å². The second-order valence-corrected chi connectivity index (χ2v) is 5.98. The van der Waals surface area contributed by atoms with Crippen LogP contribution in [0, 0.1) is 5.92 Å². The molecule has 1 saturated carbocycles. The average molecular weight is 199 g/mol. The van der Waals surface area contributed by atoms with Crippen LogP contribution in [0.2, 0.25) is 0 Å².